The maximum Gasteiger partial charge on any atom is 0.125 e. The number of benzene rings is 4. The third kappa shape index (κ3) is 4.28. The van der Waals surface area contributed by atoms with Gasteiger partial charge in [-0.05, 0) is 53.1 Å². The summed E-state index contributed by atoms with van der Waals surface area (Å²) in [6.07, 6.45) is 1.76. The lowest BCUT2D eigenvalue weighted by Crippen LogP contribution is -1.95. The highest BCUT2D eigenvalue weighted by Gasteiger charge is 2.09. The molecule has 5 aromatic rings. The molecule has 0 spiro atoms. The first-order chi connectivity index (χ1) is 15.8. The van der Waals surface area contributed by atoms with Crippen molar-refractivity contribution < 1.29 is 4.39 Å². The minimum atomic E-state index is -0.311. The van der Waals surface area contributed by atoms with Crippen molar-refractivity contribution in [2.24, 2.45) is 0 Å². The largest absolute Gasteiger partial charge is 0.355 e. The Morgan fingerprint density at radius 1 is 0.562 bits per heavy atom. The highest BCUT2D eigenvalue weighted by atomic mass is 19.1. The number of pyridine rings is 1. The lowest BCUT2D eigenvalue weighted by molar-refractivity contribution is 0.629. The summed E-state index contributed by atoms with van der Waals surface area (Å²) in [5.74, 6) is -0.311. The average molecular weight is 416 g/mol. The van der Waals surface area contributed by atoms with Gasteiger partial charge in [-0.25, -0.2) is 4.39 Å². The first-order valence-corrected chi connectivity index (χ1v) is 10.5. The summed E-state index contributed by atoms with van der Waals surface area (Å²) in [4.78, 5) is 4.50. The Balaban J connectivity index is 1.50. The highest BCUT2D eigenvalue weighted by molar-refractivity contribution is 5.82. The molecule has 0 saturated heterocycles. The maximum absolute atomic E-state index is 14.6. The Kier molecular flexibility index (Phi) is 5.46. The number of aromatic nitrogens is 1. The van der Waals surface area contributed by atoms with E-state index in [9.17, 15) is 4.39 Å². The zero-order valence-electron chi connectivity index (χ0n) is 17.4. The van der Waals surface area contributed by atoms with Crippen LogP contribution in [-0.4, -0.2) is 4.98 Å². The zero-order chi connectivity index (χ0) is 21.8. The van der Waals surface area contributed by atoms with E-state index >= 15 is 0 Å². The Bertz CT molecular complexity index is 1350. The number of para-hydroxylation sites is 1. The number of anilines is 2. The molecule has 0 radical (unpaired) electrons. The molecule has 0 atom stereocenters. The quantitative estimate of drug-likeness (QED) is 0.314. The second-order valence-corrected chi connectivity index (χ2v) is 7.56. The van der Waals surface area contributed by atoms with Crippen molar-refractivity contribution in [3.8, 4) is 33.5 Å². The van der Waals surface area contributed by atoms with Gasteiger partial charge in [0.1, 0.15) is 5.82 Å². The molecular weight excluding hydrogens is 395 g/mol. The van der Waals surface area contributed by atoms with Gasteiger partial charge in [0, 0.05) is 28.7 Å². The third-order valence-electron chi connectivity index (χ3n) is 5.35. The predicted molar refractivity (Wildman–Crippen MR) is 130 cm³/mol. The van der Waals surface area contributed by atoms with Crippen molar-refractivity contribution in [3.63, 3.8) is 0 Å². The smallest absolute Gasteiger partial charge is 0.125 e. The van der Waals surface area contributed by atoms with Gasteiger partial charge in [-0.1, -0.05) is 78.9 Å². The van der Waals surface area contributed by atoms with Crippen LogP contribution < -0.4 is 5.32 Å². The monoisotopic (exact) mass is 416 g/mol. The summed E-state index contributed by atoms with van der Waals surface area (Å²) < 4.78 is 14.6. The molecule has 1 heterocycles. The van der Waals surface area contributed by atoms with E-state index < -0.39 is 0 Å². The van der Waals surface area contributed by atoms with Crippen LogP contribution in [0, 0.1) is 5.82 Å². The number of hydrogen-bond donors (Lipinski definition) is 1. The van der Waals surface area contributed by atoms with Crippen molar-refractivity contribution in [2.75, 3.05) is 5.32 Å². The van der Waals surface area contributed by atoms with Gasteiger partial charge in [0.15, 0.2) is 0 Å². The van der Waals surface area contributed by atoms with E-state index in [1.807, 2.05) is 72.8 Å². The number of rotatable bonds is 5. The summed E-state index contributed by atoms with van der Waals surface area (Å²) in [7, 11) is 0. The van der Waals surface area contributed by atoms with Gasteiger partial charge >= 0.3 is 0 Å². The highest BCUT2D eigenvalue weighted by Crippen LogP contribution is 2.32. The summed E-state index contributed by atoms with van der Waals surface area (Å²) >= 11 is 0. The standard InChI is InChI=1S/C29H21FN2/c30-25-17-24(29-19-23(15-16-31-29)21-9-3-1-4-10-21)18-26(20-25)32-28-14-8-7-13-27(28)22-11-5-2-6-12-22/h1-20,32H. The summed E-state index contributed by atoms with van der Waals surface area (Å²) in [5.41, 5.74) is 7.35. The van der Waals surface area contributed by atoms with Gasteiger partial charge in [0.05, 0.1) is 5.69 Å². The van der Waals surface area contributed by atoms with E-state index in [4.69, 9.17) is 0 Å². The molecule has 3 heteroatoms. The first-order valence-electron chi connectivity index (χ1n) is 10.5. The summed E-state index contributed by atoms with van der Waals surface area (Å²) in [5, 5.41) is 3.40. The van der Waals surface area contributed by atoms with Crippen molar-refractivity contribution in [1.29, 1.82) is 0 Å². The van der Waals surface area contributed by atoms with Crippen LogP contribution in [0.5, 0.6) is 0 Å². The summed E-state index contributed by atoms with van der Waals surface area (Å²) in [6.45, 7) is 0. The third-order valence-corrected chi connectivity index (χ3v) is 5.35. The Morgan fingerprint density at radius 2 is 1.25 bits per heavy atom. The normalized spacial score (nSPS) is 10.7. The van der Waals surface area contributed by atoms with E-state index in [1.54, 1.807) is 6.20 Å². The molecule has 0 saturated carbocycles. The average Bonchev–Trinajstić information content (AvgIpc) is 2.85. The van der Waals surface area contributed by atoms with Crippen LogP contribution in [0.2, 0.25) is 0 Å². The van der Waals surface area contributed by atoms with Gasteiger partial charge in [-0.15, -0.1) is 0 Å². The number of hydrogen-bond acceptors (Lipinski definition) is 2. The number of nitrogens with one attached hydrogen (secondary N) is 1. The van der Waals surface area contributed by atoms with Gasteiger partial charge in [0.2, 0.25) is 0 Å². The second-order valence-electron chi connectivity index (χ2n) is 7.56. The van der Waals surface area contributed by atoms with Crippen LogP contribution in [-0.2, 0) is 0 Å². The van der Waals surface area contributed by atoms with E-state index in [0.717, 1.165) is 39.2 Å². The van der Waals surface area contributed by atoms with Gasteiger partial charge < -0.3 is 5.32 Å². The lowest BCUT2D eigenvalue weighted by Gasteiger charge is -2.14. The fraction of sp³-hybridized carbons (Fsp3) is 0. The Morgan fingerprint density at radius 3 is 2.03 bits per heavy atom. The molecular formula is C29H21FN2. The Hall–Kier alpha value is -4.24. The SMILES string of the molecule is Fc1cc(Nc2ccccc2-c2ccccc2)cc(-c2cc(-c3ccccc3)ccn2)c1. The van der Waals surface area contributed by atoms with Crippen molar-refractivity contribution >= 4 is 11.4 Å². The van der Waals surface area contributed by atoms with Crippen LogP contribution in [0.25, 0.3) is 33.5 Å². The predicted octanol–water partition coefficient (Wildman–Crippen LogP) is 7.97. The molecule has 0 aliphatic rings. The second kappa shape index (κ2) is 8.86. The molecule has 32 heavy (non-hydrogen) atoms. The minimum Gasteiger partial charge on any atom is -0.355 e. The summed E-state index contributed by atoms with van der Waals surface area (Å²) in [6, 6.07) is 37.2. The number of halogens is 1. The molecule has 0 fully saturated rings. The molecule has 0 bridgehead atoms. The van der Waals surface area contributed by atoms with Crippen molar-refractivity contribution in [3.05, 3.63) is 127 Å². The molecule has 154 valence electrons. The van der Waals surface area contributed by atoms with Crippen molar-refractivity contribution in [2.45, 2.75) is 0 Å². The van der Waals surface area contributed by atoms with E-state index in [2.05, 4.69) is 40.6 Å². The molecule has 1 N–H and O–H groups in total. The van der Waals surface area contributed by atoms with E-state index in [-0.39, 0.29) is 5.82 Å². The molecule has 0 unspecified atom stereocenters. The van der Waals surface area contributed by atoms with Crippen LogP contribution in [0.1, 0.15) is 0 Å². The topological polar surface area (TPSA) is 24.9 Å². The fourth-order valence-electron chi connectivity index (χ4n) is 3.83. The molecule has 4 aromatic carbocycles. The molecule has 0 aliphatic carbocycles. The van der Waals surface area contributed by atoms with Gasteiger partial charge in [-0.2, -0.15) is 0 Å². The first kappa shape index (κ1) is 19.7. The van der Waals surface area contributed by atoms with Crippen LogP contribution in [0.3, 0.4) is 0 Å². The van der Waals surface area contributed by atoms with Crippen molar-refractivity contribution in [1.82, 2.24) is 4.98 Å². The van der Waals surface area contributed by atoms with E-state index in [0.29, 0.717) is 5.69 Å². The maximum atomic E-state index is 14.6. The molecule has 0 amide bonds. The molecule has 5 rings (SSSR count). The fourth-order valence-corrected chi connectivity index (χ4v) is 3.83. The van der Waals surface area contributed by atoms with E-state index in [1.165, 1.54) is 12.1 Å². The number of nitrogens with zero attached hydrogens (tertiary/aromatic N) is 1. The minimum absolute atomic E-state index is 0.311. The van der Waals surface area contributed by atoms with Crippen LogP contribution in [0.15, 0.2) is 121 Å². The molecule has 2 nitrogen and oxygen atoms in total. The molecule has 1 aromatic heterocycles. The zero-order valence-corrected chi connectivity index (χ0v) is 17.4. The van der Waals surface area contributed by atoms with Crippen LogP contribution in [0.4, 0.5) is 15.8 Å². The lowest BCUT2D eigenvalue weighted by atomic mass is 10.0. The van der Waals surface area contributed by atoms with Gasteiger partial charge in [-0.3, -0.25) is 4.98 Å². The Labute approximate surface area is 187 Å². The molecule has 0 aliphatic heterocycles. The van der Waals surface area contributed by atoms with Crippen LogP contribution >= 0.6 is 0 Å². The van der Waals surface area contributed by atoms with Gasteiger partial charge in [0.25, 0.3) is 0 Å².